The number of benzene rings is 1. The lowest BCUT2D eigenvalue weighted by Gasteiger charge is -2.12. The van der Waals surface area contributed by atoms with Crippen molar-refractivity contribution < 1.29 is 4.79 Å². The van der Waals surface area contributed by atoms with E-state index in [9.17, 15) is 4.79 Å². The number of nitrogens with one attached hydrogen (secondary N) is 1. The minimum atomic E-state index is 0.0484. The fourth-order valence-corrected chi connectivity index (χ4v) is 3.32. The predicted octanol–water partition coefficient (Wildman–Crippen LogP) is 6.27. The molecule has 1 N–H and O–H groups in total. The van der Waals surface area contributed by atoms with Gasteiger partial charge in [0.1, 0.15) is 0 Å². The summed E-state index contributed by atoms with van der Waals surface area (Å²) < 4.78 is 0. The van der Waals surface area contributed by atoms with E-state index in [1.54, 1.807) is 12.1 Å². The number of carbonyl (C=O) groups is 1. The molecule has 0 unspecified atom stereocenters. The molecule has 1 atom stereocenters. The van der Waals surface area contributed by atoms with Crippen LogP contribution in [0.5, 0.6) is 0 Å². The summed E-state index contributed by atoms with van der Waals surface area (Å²) in [6.07, 6.45) is 3.93. The van der Waals surface area contributed by atoms with Gasteiger partial charge in [-0.25, -0.2) is 4.98 Å². The minimum absolute atomic E-state index is 0.0484. The minimum Gasteiger partial charge on any atom is -0.302 e. The van der Waals surface area contributed by atoms with Gasteiger partial charge in [-0.2, -0.15) is 0 Å². The molecule has 0 fully saturated rings. The Balaban J connectivity index is 2.06. The standard InChI is InChI=1S/C17H20Cl2N2OS/c1-3-5-6-11(4-2)16(22)21-17-20-15(10-23-17)12-7-8-13(18)14(19)9-12/h7-11H,3-6H2,1-2H3,(H,20,21,22)/t11-/m1/s1. The summed E-state index contributed by atoms with van der Waals surface area (Å²) in [4.78, 5) is 16.8. The second-order valence-corrected chi connectivity index (χ2v) is 7.08. The van der Waals surface area contributed by atoms with E-state index in [-0.39, 0.29) is 11.8 Å². The summed E-state index contributed by atoms with van der Waals surface area (Å²) in [6.45, 7) is 4.18. The van der Waals surface area contributed by atoms with Crippen LogP contribution >= 0.6 is 34.5 Å². The molecule has 0 aliphatic heterocycles. The van der Waals surface area contributed by atoms with E-state index in [4.69, 9.17) is 23.2 Å². The van der Waals surface area contributed by atoms with Gasteiger partial charge in [-0.15, -0.1) is 11.3 Å². The molecule has 0 radical (unpaired) electrons. The Bertz CT molecular complexity index is 672. The number of amides is 1. The Morgan fingerprint density at radius 2 is 2.09 bits per heavy atom. The molecule has 1 heterocycles. The predicted molar refractivity (Wildman–Crippen MR) is 99.5 cm³/mol. The van der Waals surface area contributed by atoms with Gasteiger partial charge in [-0.05, 0) is 25.0 Å². The van der Waals surface area contributed by atoms with Crippen LogP contribution in [0.3, 0.4) is 0 Å². The highest BCUT2D eigenvalue weighted by Gasteiger charge is 2.17. The van der Waals surface area contributed by atoms with Gasteiger partial charge in [0, 0.05) is 16.9 Å². The number of hydrogen-bond acceptors (Lipinski definition) is 3. The van der Waals surface area contributed by atoms with Gasteiger partial charge >= 0.3 is 0 Å². The molecule has 0 aliphatic rings. The highest BCUT2D eigenvalue weighted by atomic mass is 35.5. The first-order valence-corrected chi connectivity index (χ1v) is 9.40. The van der Waals surface area contributed by atoms with Gasteiger partial charge in [-0.3, -0.25) is 4.79 Å². The first kappa shape index (κ1) is 18.2. The van der Waals surface area contributed by atoms with Crippen molar-refractivity contribution in [3.8, 4) is 11.3 Å². The lowest BCUT2D eigenvalue weighted by Crippen LogP contribution is -2.22. The van der Waals surface area contributed by atoms with Crippen LogP contribution in [-0.2, 0) is 4.79 Å². The van der Waals surface area contributed by atoms with Gasteiger partial charge < -0.3 is 5.32 Å². The van der Waals surface area contributed by atoms with Crippen molar-refractivity contribution in [3.63, 3.8) is 0 Å². The summed E-state index contributed by atoms with van der Waals surface area (Å²) >= 11 is 13.4. The number of halogens is 2. The Morgan fingerprint density at radius 3 is 2.74 bits per heavy atom. The topological polar surface area (TPSA) is 42.0 Å². The van der Waals surface area contributed by atoms with E-state index in [0.717, 1.165) is 36.9 Å². The number of unbranched alkanes of at least 4 members (excludes halogenated alkanes) is 1. The van der Waals surface area contributed by atoms with E-state index in [0.29, 0.717) is 15.2 Å². The molecule has 2 rings (SSSR count). The molecule has 3 nitrogen and oxygen atoms in total. The molecule has 1 amide bonds. The molecule has 0 spiro atoms. The third kappa shape index (κ3) is 4.93. The summed E-state index contributed by atoms with van der Waals surface area (Å²) in [5.41, 5.74) is 1.67. The molecule has 0 bridgehead atoms. The number of nitrogens with zero attached hydrogens (tertiary/aromatic N) is 1. The van der Waals surface area contributed by atoms with E-state index in [1.165, 1.54) is 11.3 Å². The highest BCUT2D eigenvalue weighted by Crippen LogP contribution is 2.30. The van der Waals surface area contributed by atoms with Crippen molar-refractivity contribution in [2.75, 3.05) is 5.32 Å². The fourth-order valence-electron chi connectivity index (χ4n) is 2.30. The molecule has 0 saturated carbocycles. The van der Waals surface area contributed by atoms with Crippen LogP contribution in [0.2, 0.25) is 10.0 Å². The second-order valence-electron chi connectivity index (χ2n) is 5.40. The van der Waals surface area contributed by atoms with Crippen molar-refractivity contribution in [3.05, 3.63) is 33.6 Å². The molecular formula is C17H20Cl2N2OS. The Kier molecular flexibility index (Phi) is 6.88. The molecule has 0 aliphatic carbocycles. The van der Waals surface area contributed by atoms with Gasteiger partial charge in [-0.1, -0.05) is 56.0 Å². The monoisotopic (exact) mass is 370 g/mol. The third-order valence-corrected chi connectivity index (χ3v) is 5.22. The van der Waals surface area contributed by atoms with Gasteiger partial charge in [0.05, 0.1) is 15.7 Å². The average molecular weight is 371 g/mol. The first-order valence-electron chi connectivity index (χ1n) is 7.77. The molecule has 1 aromatic heterocycles. The summed E-state index contributed by atoms with van der Waals surface area (Å²) in [5, 5.41) is 6.46. The summed E-state index contributed by atoms with van der Waals surface area (Å²) in [6, 6.07) is 5.39. The number of aromatic nitrogens is 1. The van der Waals surface area contributed by atoms with Gasteiger partial charge in [0.15, 0.2) is 5.13 Å². The molecule has 1 aromatic carbocycles. The SMILES string of the molecule is CCCC[C@@H](CC)C(=O)Nc1nc(-c2ccc(Cl)c(Cl)c2)cs1. The zero-order chi connectivity index (χ0) is 16.8. The van der Waals surface area contributed by atoms with Crippen molar-refractivity contribution in [2.45, 2.75) is 39.5 Å². The number of rotatable bonds is 7. The Morgan fingerprint density at radius 1 is 1.30 bits per heavy atom. The van der Waals surface area contributed by atoms with E-state index >= 15 is 0 Å². The molecule has 23 heavy (non-hydrogen) atoms. The van der Waals surface area contributed by atoms with Crippen molar-refractivity contribution >= 4 is 45.6 Å². The number of hydrogen-bond donors (Lipinski definition) is 1. The van der Waals surface area contributed by atoms with E-state index in [1.807, 2.05) is 18.4 Å². The van der Waals surface area contributed by atoms with Crippen LogP contribution in [-0.4, -0.2) is 10.9 Å². The highest BCUT2D eigenvalue weighted by molar-refractivity contribution is 7.14. The van der Waals surface area contributed by atoms with Crippen LogP contribution in [0.15, 0.2) is 23.6 Å². The maximum absolute atomic E-state index is 12.3. The summed E-state index contributed by atoms with van der Waals surface area (Å²) in [7, 11) is 0. The number of anilines is 1. The Hall–Kier alpha value is -1.10. The number of carbonyl (C=O) groups excluding carboxylic acids is 1. The smallest absolute Gasteiger partial charge is 0.229 e. The maximum atomic E-state index is 12.3. The lowest BCUT2D eigenvalue weighted by atomic mass is 9.99. The molecular weight excluding hydrogens is 351 g/mol. The van der Waals surface area contributed by atoms with Crippen molar-refractivity contribution in [2.24, 2.45) is 5.92 Å². The zero-order valence-electron chi connectivity index (χ0n) is 13.2. The van der Waals surface area contributed by atoms with Crippen molar-refractivity contribution in [1.82, 2.24) is 4.98 Å². The van der Waals surface area contributed by atoms with Gasteiger partial charge in [0.2, 0.25) is 5.91 Å². The van der Waals surface area contributed by atoms with Crippen LogP contribution in [0.1, 0.15) is 39.5 Å². The molecule has 6 heteroatoms. The van der Waals surface area contributed by atoms with Crippen molar-refractivity contribution in [1.29, 1.82) is 0 Å². The van der Waals surface area contributed by atoms with Crippen LogP contribution in [0, 0.1) is 5.92 Å². The Labute approximate surface area is 151 Å². The largest absolute Gasteiger partial charge is 0.302 e. The van der Waals surface area contributed by atoms with Crippen LogP contribution < -0.4 is 5.32 Å². The van der Waals surface area contributed by atoms with E-state index < -0.39 is 0 Å². The summed E-state index contributed by atoms with van der Waals surface area (Å²) in [5.74, 6) is 0.100. The van der Waals surface area contributed by atoms with E-state index in [2.05, 4.69) is 17.2 Å². The average Bonchev–Trinajstić information content (AvgIpc) is 2.99. The third-order valence-electron chi connectivity index (χ3n) is 3.72. The normalized spacial score (nSPS) is 12.2. The second kappa shape index (κ2) is 8.67. The molecule has 2 aromatic rings. The zero-order valence-corrected chi connectivity index (χ0v) is 15.6. The molecule has 0 saturated heterocycles. The number of thiazole rings is 1. The maximum Gasteiger partial charge on any atom is 0.229 e. The van der Waals surface area contributed by atoms with Gasteiger partial charge in [0.25, 0.3) is 0 Å². The van der Waals surface area contributed by atoms with Crippen LogP contribution in [0.4, 0.5) is 5.13 Å². The molecule has 124 valence electrons. The first-order chi connectivity index (χ1) is 11.0. The fraction of sp³-hybridized carbons (Fsp3) is 0.412. The quantitative estimate of drug-likeness (QED) is 0.623. The van der Waals surface area contributed by atoms with Crippen LogP contribution in [0.25, 0.3) is 11.3 Å². The lowest BCUT2D eigenvalue weighted by molar-refractivity contribution is -0.120.